The summed E-state index contributed by atoms with van der Waals surface area (Å²) >= 11 is 0. The van der Waals surface area contributed by atoms with Crippen LogP contribution in [0.25, 0.3) is 5.69 Å². The minimum Gasteiger partial charge on any atom is -0.492 e. The van der Waals surface area contributed by atoms with Crippen LogP contribution >= 0.6 is 0 Å². The van der Waals surface area contributed by atoms with Gasteiger partial charge in [0.15, 0.2) is 11.5 Å². The molecule has 0 atom stereocenters. The molecule has 4 rings (SSSR count). The molecule has 1 amide bonds. The van der Waals surface area contributed by atoms with Gasteiger partial charge >= 0.3 is 6.18 Å². The van der Waals surface area contributed by atoms with E-state index in [-0.39, 0.29) is 42.8 Å². The number of hydrogen-bond acceptors (Lipinski definition) is 6. The molecular formula is C29H33F3N4O4. The predicted molar refractivity (Wildman–Crippen MR) is 143 cm³/mol. The zero-order chi connectivity index (χ0) is 29.4. The number of aromatic nitrogens is 2. The average Bonchev–Trinajstić information content (AvgIpc) is 3.23. The van der Waals surface area contributed by atoms with Crippen LogP contribution in [0.1, 0.15) is 69.1 Å². The van der Waals surface area contributed by atoms with E-state index in [9.17, 15) is 27.9 Å². The van der Waals surface area contributed by atoms with Crippen molar-refractivity contribution in [2.45, 2.75) is 45.9 Å². The van der Waals surface area contributed by atoms with Crippen molar-refractivity contribution in [3.8, 4) is 11.4 Å². The number of ketones is 1. The van der Waals surface area contributed by atoms with Crippen LogP contribution in [-0.4, -0.2) is 58.7 Å². The number of fused-ring (bicyclic) bond motifs is 1. The van der Waals surface area contributed by atoms with E-state index >= 15 is 0 Å². The zero-order valence-electron chi connectivity index (χ0n) is 22.9. The van der Waals surface area contributed by atoms with E-state index in [0.29, 0.717) is 30.0 Å². The van der Waals surface area contributed by atoms with E-state index in [0.717, 1.165) is 10.2 Å². The molecule has 214 valence electrons. The monoisotopic (exact) mass is 558 g/mol. The molecular weight excluding hydrogens is 525 g/mol. The second-order valence-electron chi connectivity index (χ2n) is 11.2. The second kappa shape index (κ2) is 11.1. The minimum atomic E-state index is -4.81. The lowest BCUT2D eigenvalue weighted by Crippen LogP contribution is -2.29. The molecule has 40 heavy (non-hydrogen) atoms. The second-order valence-corrected chi connectivity index (χ2v) is 11.2. The lowest BCUT2D eigenvalue weighted by Gasteiger charge is -2.29. The first kappa shape index (κ1) is 29.3. The Morgan fingerprint density at radius 2 is 1.88 bits per heavy atom. The molecule has 8 nitrogen and oxygen atoms in total. The van der Waals surface area contributed by atoms with Gasteiger partial charge in [-0.15, -0.1) is 0 Å². The number of carbonyl (C=O) groups excluding carboxylic acids is 2. The molecule has 1 heterocycles. The van der Waals surface area contributed by atoms with Crippen LogP contribution in [0.3, 0.4) is 0 Å². The molecule has 0 saturated carbocycles. The number of alkyl halides is 3. The zero-order valence-corrected chi connectivity index (χ0v) is 22.9. The summed E-state index contributed by atoms with van der Waals surface area (Å²) in [6.07, 6.45) is -4.38. The van der Waals surface area contributed by atoms with Gasteiger partial charge in [0.05, 0.1) is 23.6 Å². The van der Waals surface area contributed by atoms with Gasteiger partial charge in [-0.1, -0.05) is 26.0 Å². The Hall–Kier alpha value is -3.70. The number of Topliss-reactive ketones (excluding diaryl/α,β-unsaturated/α-hetero) is 1. The van der Waals surface area contributed by atoms with E-state index in [1.165, 1.54) is 12.1 Å². The Labute approximate surface area is 230 Å². The van der Waals surface area contributed by atoms with Gasteiger partial charge in [-0.2, -0.15) is 18.3 Å². The summed E-state index contributed by atoms with van der Waals surface area (Å²) in [4.78, 5) is 27.0. The number of benzene rings is 2. The maximum Gasteiger partial charge on any atom is 0.435 e. The molecule has 11 heteroatoms. The lowest BCUT2D eigenvalue weighted by atomic mass is 9.75. The molecule has 3 N–H and O–H groups in total. The Balaban J connectivity index is 1.78. The van der Waals surface area contributed by atoms with Gasteiger partial charge in [0.2, 0.25) is 5.91 Å². The molecule has 0 aliphatic heterocycles. The van der Waals surface area contributed by atoms with Crippen molar-refractivity contribution in [3.63, 3.8) is 0 Å². The fourth-order valence-electron chi connectivity index (χ4n) is 4.99. The molecule has 1 aliphatic carbocycles. The maximum absolute atomic E-state index is 13.9. The van der Waals surface area contributed by atoms with Crippen molar-refractivity contribution in [1.82, 2.24) is 14.7 Å². The third kappa shape index (κ3) is 6.20. The number of likely N-dealkylation sites (N-methyl/N-ethyl adjacent to an activating group) is 1. The quantitative estimate of drug-likeness (QED) is 0.408. The van der Waals surface area contributed by atoms with E-state index < -0.39 is 34.5 Å². The molecule has 1 aromatic heterocycles. The molecule has 0 spiro atoms. The standard InChI is InChI=1S/C29H33F3N4O4/c1-28(2)14-22-25(23(38)15-28)26(29(30,31)32)34-36(22)20-7-8-21(27(33)39)19(13-20)11-17-5-6-18(16-37)24(12-17)40-10-9-35(3)4/h5-8,12-13,37H,9-11,14-16H2,1-4H3,(H2,33,39). The molecule has 0 unspecified atom stereocenters. The lowest BCUT2D eigenvalue weighted by molar-refractivity contribution is -0.141. The van der Waals surface area contributed by atoms with E-state index in [1.54, 1.807) is 24.3 Å². The molecule has 0 saturated heterocycles. The Kier molecular flexibility index (Phi) is 8.09. The number of hydrogen-bond donors (Lipinski definition) is 2. The van der Waals surface area contributed by atoms with Crippen LogP contribution in [0.4, 0.5) is 13.2 Å². The van der Waals surface area contributed by atoms with Gasteiger partial charge < -0.3 is 20.5 Å². The van der Waals surface area contributed by atoms with Crippen molar-refractivity contribution in [2.24, 2.45) is 11.1 Å². The number of primary amides is 1. The van der Waals surface area contributed by atoms with Crippen LogP contribution in [0.2, 0.25) is 0 Å². The Bertz CT molecular complexity index is 1440. The predicted octanol–water partition coefficient (Wildman–Crippen LogP) is 4.17. The number of nitrogens with two attached hydrogens (primary N) is 1. The van der Waals surface area contributed by atoms with Crippen LogP contribution in [0, 0.1) is 5.41 Å². The first-order valence-corrected chi connectivity index (χ1v) is 12.9. The van der Waals surface area contributed by atoms with Gasteiger partial charge in [-0.25, -0.2) is 4.68 Å². The van der Waals surface area contributed by atoms with Gasteiger partial charge in [-0.3, -0.25) is 9.59 Å². The highest BCUT2D eigenvalue weighted by atomic mass is 19.4. The minimum absolute atomic E-state index is 0.0105. The van der Waals surface area contributed by atoms with Gasteiger partial charge in [0, 0.05) is 24.1 Å². The first-order valence-electron chi connectivity index (χ1n) is 12.9. The molecule has 2 aromatic carbocycles. The van der Waals surface area contributed by atoms with Crippen LogP contribution in [-0.2, 0) is 25.6 Å². The SMILES string of the molecule is CN(C)CCOc1cc(Cc2cc(-n3nc(C(F)(F)F)c4c3CC(C)(C)CC4=O)ccc2C(N)=O)ccc1CO. The van der Waals surface area contributed by atoms with Crippen LogP contribution in [0.5, 0.6) is 5.75 Å². The summed E-state index contributed by atoms with van der Waals surface area (Å²) < 4.78 is 48.8. The first-order chi connectivity index (χ1) is 18.7. The number of carbonyl (C=O) groups is 2. The smallest absolute Gasteiger partial charge is 0.435 e. The highest BCUT2D eigenvalue weighted by Crippen LogP contribution is 2.42. The number of ether oxygens (including phenoxy) is 1. The fourth-order valence-corrected chi connectivity index (χ4v) is 4.99. The highest BCUT2D eigenvalue weighted by Gasteiger charge is 2.45. The summed E-state index contributed by atoms with van der Waals surface area (Å²) in [6.45, 7) is 4.49. The third-order valence-electron chi connectivity index (χ3n) is 6.90. The van der Waals surface area contributed by atoms with Gasteiger partial charge in [0.25, 0.3) is 0 Å². The number of rotatable bonds is 9. The molecule has 3 aromatic rings. The van der Waals surface area contributed by atoms with Crippen LogP contribution in [0.15, 0.2) is 36.4 Å². The summed E-state index contributed by atoms with van der Waals surface area (Å²) in [5, 5.41) is 13.6. The van der Waals surface area contributed by atoms with Crippen molar-refractivity contribution in [1.29, 1.82) is 0 Å². The van der Waals surface area contributed by atoms with Gasteiger partial charge in [-0.05, 0) is 67.7 Å². The summed E-state index contributed by atoms with van der Waals surface area (Å²) in [5.41, 5.74) is 5.98. The van der Waals surface area contributed by atoms with Crippen molar-refractivity contribution < 1.29 is 32.6 Å². The summed E-state index contributed by atoms with van der Waals surface area (Å²) in [7, 11) is 3.83. The highest BCUT2D eigenvalue weighted by molar-refractivity contribution is 6.00. The number of aliphatic hydroxyl groups excluding tert-OH is 1. The number of halogens is 3. The third-order valence-corrected chi connectivity index (χ3v) is 6.90. The molecule has 0 radical (unpaired) electrons. The van der Waals surface area contributed by atoms with Gasteiger partial charge in [0.1, 0.15) is 12.4 Å². The molecule has 0 bridgehead atoms. The van der Waals surface area contributed by atoms with E-state index in [4.69, 9.17) is 10.5 Å². The topological polar surface area (TPSA) is 111 Å². The largest absolute Gasteiger partial charge is 0.492 e. The fraction of sp³-hybridized carbons (Fsp3) is 0.414. The summed E-state index contributed by atoms with van der Waals surface area (Å²) in [6, 6.07) is 9.78. The van der Waals surface area contributed by atoms with Crippen LogP contribution < -0.4 is 10.5 Å². The van der Waals surface area contributed by atoms with Crippen molar-refractivity contribution >= 4 is 11.7 Å². The maximum atomic E-state index is 13.9. The molecule has 0 fully saturated rings. The Morgan fingerprint density at radius 1 is 1.15 bits per heavy atom. The average molecular weight is 559 g/mol. The number of nitrogens with zero attached hydrogens (tertiary/aromatic N) is 3. The van der Waals surface area contributed by atoms with E-state index in [1.807, 2.05) is 32.8 Å². The van der Waals surface area contributed by atoms with E-state index in [2.05, 4.69) is 5.10 Å². The van der Waals surface area contributed by atoms with Crippen molar-refractivity contribution in [3.05, 3.63) is 75.6 Å². The summed E-state index contributed by atoms with van der Waals surface area (Å²) in [5.74, 6) is -0.786. The normalized spacial score (nSPS) is 14.9. The number of amides is 1. The molecule has 1 aliphatic rings. The Morgan fingerprint density at radius 3 is 2.50 bits per heavy atom. The van der Waals surface area contributed by atoms with Crippen molar-refractivity contribution in [2.75, 3.05) is 27.2 Å². The number of aliphatic hydroxyl groups is 1.